The molecule has 2 aromatic rings. The van der Waals surface area contributed by atoms with Gasteiger partial charge in [0.25, 0.3) is 0 Å². The fourth-order valence-electron chi connectivity index (χ4n) is 1.68. The maximum atomic E-state index is 5.21. The Balaban J connectivity index is 2.64. The smallest absolute Gasteiger partial charge is 0.182 e. The first kappa shape index (κ1) is 7.70. The molecule has 0 spiro atoms. The van der Waals surface area contributed by atoms with Crippen molar-refractivity contribution in [1.29, 1.82) is 0 Å². The lowest BCUT2D eigenvalue weighted by Crippen LogP contribution is -1.88. The molecule has 0 saturated heterocycles. The fourth-order valence-corrected chi connectivity index (χ4v) is 1.95. The summed E-state index contributed by atoms with van der Waals surface area (Å²) in [5.41, 5.74) is 3.22. The molecule has 0 amide bonds. The summed E-state index contributed by atoms with van der Waals surface area (Å²) in [6.07, 6.45) is 5.45. The van der Waals surface area contributed by atoms with Crippen LogP contribution in [0.15, 0.2) is 29.4 Å². The molecule has 4 heteroatoms. The summed E-state index contributed by atoms with van der Waals surface area (Å²) in [7, 11) is 0. The van der Waals surface area contributed by atoms with E-state index in [1.165, 1.54) is 0 Å². The van der Waals surface area contributed by atoms with Crippen LogP contribution in [0.2, 0.25) is 0 Å². The molecule has 0 radical (unpaired) electrons. The first-order chi connectivity index (χ1) is 6.86. The summed E-state index contributed by atoms with van der Waals surface area (Å²) in [6, 6.07) is 6.03. The number of nitrogens with one attached hydrogen (secondary N) is 1. The number of aromatic nitrogens is 2. The number of hydrogen-bond acceptors (Lipinski definition) is 2. The number of para-hydroxylation sites is 1. The second-order valence-electron chi connectivity index (χ2n) is 3.12. The molecule has 0 unspecified atom stereocenters. The lowest BCUT2D eigenvalue weighted by atomic mass is 10.2. The van der Waals surface area contributed by atoms with E-state index < -0.39 is 0 Å². The topological polar surface area (TPSA) is 33.1 Å². The monoisotopic (exact) mass is 201 g/mol. The first-order valence-corrected chi connectivity index (χ1v) is 4.70. The van der Waals surface area contributed by atoms with Gasteiger partial charge in [-0.15, -0.1) is 0 Å². The molecule has 0 bridgehead atoms. The number of hydrogen-bond donors (Lipinski definition) is 1. The largest absolute Gasteiger partial charge is 0.330 e. The molecule has 0 atom stereocenters. The van der Waals surface area contributed by atoms with Gasteiger partial charge in [0.15, 0.2) is 4.77 Å². The molecule has 68 valence electrons. The van der Waals surface area contributed by atoms with Gasteiger partial charge in [-0.25, -0.2) is 0 Å². The number of aliphatic imine (C=N–C) groups is 1. The van der Waals surface area contributed by atoms with Crippen LogP contribution in [0.25, 0.3) is 17.2 Å². The molecule has 1 aliphatic rings. The van der Waals surface area contributed by atoms with Crippen molar-refractivity contribution in [2.75, 3.05) is 0 Å². The number of nitrogens with zero attached hydrogens (tertiary/aromatic N) is 2. The van der Waals surface area contributed by atoms with E-state index >= 15 is 0 Å². The standard InChI is InChI=1S/C10H7N3S/c14-10-12-8-3-1-2-7-6-11-4-5-13(10)9(7)8/h1-6H,(H,12,14). The zero-order valence-electron chi connectivity index (χ0n) is 7.27. The molecular weight excluding hydrogens is 194 g/mol. The van der Waals surface area contributed by atoms with Crippen molar-refractivity contribution >= 4 is 35.7 Å². The van der Waals surface area contributed by atoms with Gasteiger partial charge in [-0.2, -0.15) is 0 Å². The highest BCUT2D eigenvalue weighted by Crippen LogP contribution is 2.19. The van der Waals surface area contributed by atoms with E-state index in [9.17, 15) is 0 Å². The van der Waals surface area contributed by atoms with E-state index in [0.717, 1.165) is 16.6 Å². The number of rotatable bonds is 0. The van der Waals surface area contributed by atoms with Gasteiger partial charge in [-0.05, 0) is 18.3 Å². The third kappa shape index (κ3) is 0.914. The maximum absolute atomic E-state index is 5.21. The first-order valence-electron chi connectivity index (χ1n) is 4.29. The Labute approximate surface area is 85.4 Å². The van der Waals surface area contributed by atoms with Gasteiger partial charge in [0, 0.05) is 24.2 Å². The molecule has 0 fully saturated rings. The van der Waals surface area contributed by atoms with Gasteiger partial charge in [0.05, 0.1) is 11.0 Å². The van der Waals surface area contributed by atoms with Crippen LogP contribution in [-0.2, 0) is 0 Å². The second kappa shape index (κ2) is 2.65. The SMILES string of the molecule is S=c1[nH]c2cccc3c2n1C=CN=C3. The zero-order valence-corrected chi connectivity index (χ0v) is 8.08. The summed E-state index contributed by atoms with van der Waals surface area (Å²) >= 11 is 5.21. The van der Waals surface area contributed by atoms with Crippen molar-refractivity contribution in [2.24, 2.45) is 4.99 Å². The predicted octanol–water partition coefficient (Wildman–Crippen LogP) is 2.56. The van der Waals surface area contributed by atoms with Crippen LogP contribution in [0.5, 0.6) is 0 Å². The van der Waals surface area contributed by atoms with Gasteiger partial charge in [-0.1, -0.05) is 12.1 Å². The molecule has 1 N–H and O–H groups in total. The Morgan fingerprint density at radius 1 is 1.36 bits per heavy atom. The molecule has 3 rings (SSSR count). The van der Waals surface area contributed by atoms with Crippen LogP contribution in [-0.4, -0.2) is 15.8 Å². The Morgan fingerprint density at radius 2 is 2.29 bits per heavy atom. The molecule has 3 nitrogen and oxygen atoms in total. The van der Waals surface area contributed by atoms with E-state index in [1.807, 2.05) is 35.2 Å². The van der Waals surface area contributed by atoms with E-state index in [0.29, 0.717) is 4.77 Å². The van der Waals surface area contributed by atoms with Crippen molar-refractivity contribution in [1.82, 2.24) is 9.55 Å². The van der Waals surface area contributed by atoms with Crippen molar-refractivity contribution < 1.29 is 0 Å². The second-order valence-corrected chi connectivity index (χ2v) is 3.51. The van der Waals surface area contributed by atoms with Gasteiger partial charge >= 0.3 is 0 Å². The van der Waals surface area contributed by atoms with E-state index in [4.69, 9.17) is 12.2 Å². The Morgan fingerprint density at radius 3 is 3.21 bits per heavy atom. The quantitative estimate of drug-likeness (QED) is 0.653. The predicted molar refractivity (Wildman–Crippen MR) is 60.0 cm³/mol. The van der Waals surface area contributed by atoms with Crippen LogP contribution in [0.3, 0.4) is 0 Å². The Bertz CT molecular complexity index is 616. The summed E-state index contributed by atoms with van der Waals surface area (Å²) in [4.78, 5) is 7.29. The van der Waals surface area contributed by atoms with Crippen LogP contribution in [0, 0.1) is 4.77 Å². The summed E-state index contributed by atoms with van der Waals surface area (Å²) in [6.45, 7) is 0. The van der Waals surface area contributed by atoms with E-state index in [2.05, 4.69) is 9.98 Å². The lowest BCUT2D eigenvalue weighted by Gasteiger charge is -1.97. The number of benzene rings is 1. The summed E-state index contributed by atoms with van der Waals surface area (Å²) in [5.74, 6) is 0. The third-order valence-corrected chi connectivity index (χ3v) is 2.58. The van der Waals surface area contributed by atoms with Crippen LogP contribution < -0.4 is 0 Å². The maximum Gasteiger partial charge on any atom is 0.182 e. The van der Waals surface area contributed by atoms with Gasteiger partial charge in [0.1, 0.15) is 0 Å². The van der Waals surface area contributed by atoms with Crippen molar-refractivity contribution in [2.45, 2.75) is 0 Å². The van der Waals surface area contributed by atoms with E-state index in [1.54, 1.807) is 6.20 Å². The minimum atomic E-state index is 0.703. The van der Waals surface area contributed by atoms with Crippen molar-refractivity contribution in [3.8, 4) is 0 Å². The lowest BCUT2D eigenvalue weighted by molar-refractivity contribution is 1.14. The van der Waals surface area contributed by atoms with Gasteiger partial charge in [-0.3, -0.25) is 9.56 Å². The minimum Gasteiger partial charge on any atom is -0.330 e. The zero-order chi connectivity index (χ0) is 9.54. The number of aromatic amines is 1. The number of H-pyrrole nitrogens is 1. The molecule has 0 saturated carbocycles. The van der Waals surface area contributed by atoms with Gasteiger partial charge in [0.2, 0.25) is 0 Å². The van der Waals surface area contributed by atoms with Crippen LogP contribution in [0.4, 0.5) is 0 Å². The average molecular weight is 201 g/mol. The van der Waals surface area contributed by atoms with Crippen LogP contribution in [0.1, 0.15) is 5.56 Å². The van der Waals surface area contributed by atoms with Gasteiger partial charge < -0.3 is 4.98 Å². The normalized spacial score (nSPS) is 13.4. The molecule has 1 aromatic carbocycles. The molecular formula is C10H7N3S. The highest BCUT2D eigenvalue weighted by molar-refractivity contribution is 7.71. The number of imidazole rings is 1. The van der Waals surface area contributed by atoms with E-state index in [-0.39, 0.29) is 0 Å². The minimum absolute atomic E-state index is 0.703. The molecule has 1 aromatic heterocycles. The summed E-state index contributed by atoms with van der Waals surface area (Å²) in [5, 5.41) is 0. The Hall–Kier alpha value is -1.68. The average Bonchev–Trinajstić information content (AvgIpc) is 2.39. The fraction of sp³-hybridized carbons (Fsp3) is 0. The molecule has 14 heavy (non-hydrogen) atoms. The molecule has 2 heterocycles. The van der Waals surface area contributed by atoms with Crippen molar-refractivity contribution in [3.63, 3.8) is 0 Å². The third-order valence-electron chi connectivity index (χ3n) is 2.28. The Kier molecular flexibility index (Phi) is 1.46. The summed E-state index contributed by atoms with van der Waals surface area (Å²) < 4.78 is 2.64. The molecule has 1 aliphatic heterocycles. The highest BCUT2D eigenvalue weighted by atomic mass is 32.1. The molecule has 0 aliphatic carbocycles. The highest BCUT2D eigenvalue weighted by Gasteiger charge is 2.06. The van der Waals surface area contributed by atoms with Crippen LogP contribution >= 0.6 is 12.2 Å². The van der Waals surface area contributed by atoms with Crippen molar-refractivity contribution in [3.05, 3.63) is 34.7 Å².